The van der Waals surface area contributed by atoms with Crippen molar-refractivity contribution in [1.29, 1.82) is 0 Å². The summed E-state index contributed by atoms with van der Waals surface area (Å²) in [5, 5.41) is 15.2. The summed E-state index contributed by atoms with van der Waals surface area (Å²) in [5.74, 6) is 0.882. The number of benzene rings is 1. The maximum Gasteiger partial charge on any atom is 0.170 e. The minimum Gasteiger partial charge on any atom is -0.496 e. The lowest BCUT2D eigenvalue weighted by atomic mass is 10.0. The standard InChI is InChI=1S/C14H23N3O2/c1-5-14(2,3)16-9-11-8-10(13(15)17-18)6-7-12(11)19-4/h6-8,16,18H,5,9H2,1-4H3,(H2,15,17). The number of hydrogen-bond acceptors (Lipinski definition) is 4. The first-order valence-corrected chi connectivity index (χ1v) is 6.33. The van der Waals surface area contributed by atoms with Gasteiger partial charge in [-0.3, -0.25) is 0 Å². The molecule has 0 aliphatic heterocycles. The van der Waals surface area contributed by atoms with E-state index < -0.39 is 0 Å². The molecule has 4 N–H and O–H groups in total. The Morgan fingerprint density at radius 1 is 1.47 bits per heavy atom. The SMILES string of the molecule is CCC(C)(C)NCc1cc(/C(N)=N/O)ccc1OC. The van der Waals surface area contributed by atoms with Crippen molar-refractivity contribution in [3.63, 3.8) is 0 Å². The lowest BCUT2D eigenvalue weighted by molar-refractivity contribution is 0.318. The first kappa shape index (κ1) is 15.3. The largest absolute Gasteiger partial charge is 0.496 e. The van der Waals surface area contributed by atoms with Crippen LogP contribution >= 0.6 is 0 Å². The topological polar surface area (TPSA) is 79.9 Å². The second-order valence-corrected chi connectivity index (χ2v) is 5.10. The molecule has 0 amide bonds. The molecule has 19 heavy (non-hydrogen) atoms. The Bertz CT molecular complexity index is 456. The van der Waals surface area contributed by atoms with E-state index in [0.29, 0.717) is 12.1 Å². The molecule has 0 saturated carbocycles. The van der Waals surface area contributed by atoms with E-state index in [4.69, 9.17) is 15.7 Å². The molecule has 0 bridgehead atoms. The van der Waals surface area contributed by atoms with Crippen LogP contribution in [0.3, 0.4) is 0 Å². The zero-order chi connectivity index (χ0) is 14.5. The summed E-state index contributed by atoms with van der Waals surface area (Å²) in [5.41, 5.74) is 7.31. The molecule has 0 aromatic heterocycles. The van der Waals surface area contributed by atoms with Crippen LogP contribution in [0.2, 0.25) is 0 Å². The quantitative estimate of drug-likeness (QED) is 0.318. The van der Waals surface area contributed by atoms with E-state index in [1.54, 1.807) is 13.2 Å². The highest BCUT2D eigenvalue weighted by Gasteiger charge is 2.15. The molecule has 1 aromatic carbocycles. The number of nitrogens with one attached hydrogen (secondary N) is 1. The number of amidine groups is 1. The van der Waals surface area contributed by atoms with Crippen LogP contribution < -0.4 is 15.8 Å². The molecule has 1 rings (SSSR count). The van der Waals surface area contributed by atoms with Crippen molar-refractivity contribution in [2.45, 2.75) is 39.3 Å². The van der Waals surface area contributed by atoms with E-state index in [9.17, 15) is 0 Å². The van der Waals surface area contributed by atoms with Crippen molar-refractivity contribution >= 4 is 5.84 Å². The third-order valence-corrected chi connectivity index (χ3v) is 3.33. The fourth-order valence-corrected chi connectivity index (χ4v) is 1.59. The van der Waals surface area contributed by atoms with Gasteiger partial charge in [0.1, 0.15) is 5.75 Å². The molecule has 0 radical (unpaired) electrons. The lowest BCUT2D eigenvalue weighted by Crippen LogP contribution is -2.37. The maximum atomic E-state index is 8.72. The Balaban J connectivity index is 2.97. The van der Waals surface area contributed by atoms with Crippen LogP contribution in [0, 0.1) is 0 Å². The molecule has 5 nitrogen and oxygen atoms in total. The van der Waals surface area contributed by atoms with Crippen LogP contribution in [-0.4, -0.2) is 23.7 Å². The second kappa shape index (κ2) is 6.43. The normalized spacial score (nSPS) is 12.5. The highest BCUT2D eigenvalue weighted by atomic mass is 16.5. The number of nitrogens with zero attached hydrogens (tertiary/aromatic N) is 1. The van der Waals surface area contributed by atoms with Crippen molar-refractivity contribution in [3.8, 4) is 5.75 Å². The molecule has 0 heterocycles. The van der Waals surface area contributed by atoms with Gasteiger partial charge in [-0.2, -0.15) is 0 Å². The second-order valence-electron chi connectivity index (χ2n) is 5.10. The molecule has 0 aliphatic rings. The fourth-order valence-electron chi connectivity index (χ4n) is 1.59. The minimum absolute atomic E-state index is 0.0532. The molecule has 106 valence electrons. The van der Waals surface area contributed by atoms with E-state index >= 15 is 0 Å². The van der Waals surface area contributed by atoms with Gasteiger partial charge in [0.2, 0.25) is 0 Å². The summed E-state index contributed by atoms with van der Waals surface area (Å²) in [7, 11) is 1.63. The number of oxime groups is 1. The predicted molar refractivity (Wildman–Crippen MR) is 76.7 cm³/mol. The van der Waals surface area contributed by atoms with Crippen molar-refractivity contribution in [3.05, 3.63) is 29.3 Å². The van der Waals surface area contributed by atoms with Gasteiger partial charge >= 0.3 is 0 Å². The zero-order valence-electron chi connectivity index (χ0n) is 12.0. The van der Waals surface area contributed by atoms with E-state index in [1.165, 1.54) is 0 Å². The van der Waals surface area contributed by atoms with E-state index in [2.05, 4.69) is 31.2 Å². The van der Waals surface area contributed by atoms with Crippen LogP contribution in [0.4, 0.5) is 0 Å². The third-order valence-electron chi connectivity index (χ3n) is 3.33. The first-order chi connectivity index (χ1) is 8.93. The molecule has 0 spiro atoms. The van der Waals surface area contributed by atoms with Gasteiger partial charge in [0.25, 0.3) is 0 Å². The number of methoxy groups -OCH3 is 1. The van der Waals surface area contributed by atoms with Crippen molar-refractivity contribution in [2.75, 3.05) is 7.11 Å². The van der Waals surface area contributed by atoms with Crippen LogP contribution in [0.15, 0.2) is 23.4 Å². The van der Waals surface area contributed by atoms with Crippen molar-refractivity contribution in [2.24, 2.45) is 10.9 Å². The average molecular weight is 265 g/mol. The zero-order valence-corrected chi connectivity index (χ0v) is 12.0. The molecular formula is C14H23N3O2. The summed E-state index contributed by atoms with van der Waals surface area (Å²) < 4.78 is 5.33. The summed E-state index contributed by atoms with van der Waals surface area (Å²) in [6.07, 6.45) is 1.02. The van der Waals surface area contributed by atoms with Crippen molar-refractivity contribution in [1.82, 2.24) is 5.32 Å². The highest BCUT2D eigenvalue weighted by molar-refractivity contribution is 5.97. The van der Waals surface area contributed by atoms with Gasteiger partial charge in [0.15, 0.2) is 5.84 Å². The maximum absolute atomic E-state index is 8.72. The lowest BCUT2D eigenvalue weighted by Gasteiger charge is -2.25. The Kier molecular flexibility index (Phi) is 5.18. The molecule has 1 aromatic rings. The summed E-state index contributed by atoms with van der Waals surface area (Å²) in [6, 6.07) is 5.46. The average Bonchev–Trinajstić information content (AvgIpc) is 2.44. The predicted octanol–water partition coefficient (Wildman–Crippen LogP) is 2.07. The first-order valence-electron chi connectivity index (χ1n) is 6.33. The number of nitrogens with two attached hydrogens (primary N) is 1. The van der Waals surface area contributed by atoms with Gasteiger partial charge < -0.3 is 21.0 Å². The molecule has 5 heteroatoms. The minimum atomic E-state index is 0.0532. The Morgan fingerprint density at radius 2 is 2.16 bits per heavy atom. The van der Waals surface area contributed by atoms with Crippen LogP contribution in [0.5, 0.6) is 5.75 Å². The van der Waals surface area contributed by atoms with Gasteiger partial charge in [0.05, 0.1) is 7.11 Å². The van der Waals surface area contributed by atoms with Gasteiger partial charge in [-0.25, -0.2) is 0 Å². The van der Waals surface area contributed by atoms with E-state index in [1.807, 2.05) is 12.1 Å². The van der Waals surface area contributed by atoms with Gasteiger partial charge in [-0.15, -0.1) is 0 Å². The molecule has 0 unspecified atom stereocenters. The molecule has 0 fully saturated rings. The Labute approximate surface area is 114 Å². The Morgan fingerprint density at radius 3 is 2.68 bits per heavy atom. The summed E-state index contributed by atoms with van der Waals surface area (Å²) in [6.45, 7) is 7.09. The fraction of sp³-hybridized carbons (Fsp3) is 0.500. The number of hydrogen-bond donors (Lipinski definition) is 3. The number of rotatable bonds is 6. The number of ether oxygens (including phenoxy) is 1. The van der Waals surface area contributed by atoms with Crippen molar-refractivity contribution < 1.29 is 9.94 Å². The van der Waals surface area contributed by atoms with Gasteiger partial charge in [0, 0.05) is 23.2 Å². The van der Waals surface area contributed by atoms with Crippen LogP contribution in [0.1, 0.15) is 38.3 Å². The Hall–Kier alpha value is -1.75. The van der Waals surface area contributed by atoms with Gasteiger partial charge in [-0.1, -0.05) is 12.1 Å². The molecular weight excluding hydrogens is 242 g/mol. The van der Waals surface area contributed by atoms with E-state index in [0.717, 1.165) is 17.7 Å². The monoisotopic (exact) mass is 265 g/mol. The molecule has 0 atom stereocenters. The van der Waals surface area contributed by atoms with Crippen LogP contribution in [0.25, 0.3) is 0 Å². The summed E-state index contributed by atoms with van der Waals surface area (Å²) >= 11 is 0. The highest BCUT2D eigenvalue weighted by Crippen LogP contribution is 2.21. The molecule has 0 aliphatic carbocycles. The van der Waals surface area contributed by atoms with Gasteiger partial charge in [-0.05, 0) is 38.5 Å². The van der Waals surface area contributed by atoms with Crippen LogP contribution in [-0.2, 0) is 6.54 Å². The van der Waals surface area contributed by atoms with E-state index in [-0.39, 0.29) is 11.4 Å². The third kappa shape index (κ3) is 4.13. The molecule has 0 saturated heterocycles. The summed E-state index contributed by atoms with van der Waals surface area (Å²) in [4.78, 5) is 0. The smallest absolute Gasteiger partial charge is 0.170 e.